The van der Waals surface area contributed by atoms with Gasteiger partial charge in [0.1, 0.15) is 0 Å². The minimum absolute atomic E-state index is 0.273. The fourth-order valence-corrected chi connectivity index (χ4v) is 2.26. The molecule has 5 nitrogen and oxygen atoms in total. The number of aromatic nitrogens is 3. The second kappa shape index (κ2) is 5.20. The molecule has 104 valence electrons. The maximum absolute atomic E-state index is 11.0. The molecule has 3 rings (SSSR count). The number of nitrogens with zero attached hydrogens (tertiary/aromatic N) is 3. The van der Waals surface area contributed by atoms with Gasteiger partial charge in [0, 0.05) is 5.56 Å². The standard InChI is InChI=1S/C16H13N3O2/c1-11-9-12(16(20)21)7-8-14(11)15-10-17-18-19(15)13-5-3-2-4-6-13/h2-10H,1H3,(H,20,21). The highest BCUT2D eigenvalue weighted by atomic mass is 16.4. The summed E-state index contributed by atoms with van der Waals surface area (Å²) < 4.78 is 1.74. The summed E-state index contributed by atoms with van der Waals surface area (Å²) in [7, 11) is 0. The Morgan fingerprint density at radius 3 is 2.57 bits per heavy atom. The molecule has 1 aromatic heterocycles. The SMILES string of the molecule is Cc1cc(C(=O)O)ccc1-c1cnnn1-c1ccccc1. The molecule has 3 aromatic rings. The van der Waals surface area contributed by atoms with E-state index in [2.05, 4.69) is 10.3 Å². The Morgan fingerprint density at radius 1 is 1.14 bits per heavy atom. The van der Waals surface area contributed by atoms with Crippen LogP contribution in [-0.2, 0) is 0 Å². The zero-order chi connectivity index (χ0) is 14.8. The second-order valence-corrected chi connectivity index (χ2v) is 4.70. The Balaban J connectivity index is 2.11. The van der Waals surface area contributed by atoms with Crippen LogP contribution in [0.3, 0.4) is 0 Å². The smallest absolute Gasteiger partial charge is 0.335 e. The van der Waals surface area contributed by atoms with Crippen LogP contribution in [0.15, 0.2) is 54.7 Å². The van der Waals surface area contributed by atoms with Crippen molar-refractivity contribution in [1.29, 1.82) is 0 Å². The van der Waals surface area contributed by atoms with E-state index in [0.29, 0.717) is 0 Å². The van der Waals surface area contributed by atoms with Gasteiger partial charge in [-0.1, -0.05) is 29.5 Å². The largest absolute Gasteiger partial charge is 0.478 e. The summed E-state index contributed by atoms with van der Waals surface area (Å²) in [6, 6.07) is 14.7. The molecular formula is C16H13N3O2. The van der Waals surface area contributed by atoms with Crippen molar-refractivity contribution in [1.82, 2.24) is 15.0 Å². The zero-order valence-corrected chi connectivity index (χ0v) is 11.4. The molecule has 0 bridgehead atoms. The first kappa shape index (κ1) is 13.1. The Bertz CT molecular complexity index is 794. The minimum Gasteiger partial charge on any atom is -0.478 e. The van der Waals surface area contributed by atoms with Gasteiger partial charge in [0.25, 0.3) is 0 Å². The number of benzene rings is 2. The molecule has 21 heavy (non-hydrogen) atoms. The van der Waals surface area contributed by atoms with Crippen LogP contribution in [0, 0.1) is 6.92 Å². The van der Waals surface area contributed by atoms with Crippen LogP contribution in [0.1, 0.15) is 15.9 Å². The molecule has 0 unspecified atom stereocenters. The molecule has 0 radical (unpaired) electrons. The van der Waals surface area contributed by atoms with Gasteiger partial charge in [0.05, 0.1) is 23.1 Å². The van der Waals surface area contributed by atoms with Crippen molar-refractivity contribution in [3.8, 4) is 16.9 Å². The highest BCUT2D eigenvalue weighted by Crippen LogP contribution is 2.25. The molecule has 0 fully saturated rings. The number of carbonyl (C=O) groups is 1. The first-order chi connectivity index (χ1) is 10.2. The molecule has 0 atom stereocenters. The number of carboxylic acid groups (broad SMARTS) is 1. The summed E-state index contributed by atoms with van der Waals surface area (Å²) in [6.45, 7) is 1.88. The van der Waals surface area contributed by atoms with E-state index < -0.39 is 5.97 Å². The number of hydrogen-bond donors (Lipinski definition) is 1. The number of aryl methyl sites for hydroxylation is 1. The Labute approximate surface area is 121 Å². The lowest BCUT2D eigenvalue weighted by atomic mass is 10.0. The van der Waals surface area contributed by atoms with Crippen molar-refractivity contribution in [3.63, 3.8) is 0 Å². The molecule has 0 aliphatic rings. The molecule has 5 heteroatoms. The van der Waals surface area contributed by atoms with Crippen molar-refractivity contribution in [2.75, 3.05) is 0 Å². The summed E-state index contributed by atoms with van der Waals surface area (Å²) in [4.78, 5) is 11.0. The summed E-state index contributed by atoms with van der Waals surface area (Å²) in [5.41, 5.74) is 3.79. The van der Waals surface area contributed by atoms with E-state index in [1.54, 1.807) is 29.1 Å². The van der Waals surface area contributed by atoms with Crippen LogP contribution in [0.25, 0.3) is 16.9 Å². The van der Waals surface area contributed by atoms with Crippen LogP contribution in [0.4, 0.5) is 0 Å². The number of carboxylic acids is 1. The monoisotopic (exact) mass is 279 g/mol. The third-order valence-corrected chi connectivity index (χ3v) is 3.30. The first-order valence-corrected chi connectivity index (χ1v) is 6.47. The lowest BCUT2D eigenvalue weighted by molar-refractivity contribution is 0.0697. The van der Waals surface area contributed by atoms with E-state index in [4.69, 9.17) is 5.11 Å². The predicted molar refractivity (Wildman–Crippen MR) is 78.5 cm³/mol. The first-order valence-electron chi connectivity index (χ1n) is 6.47. The zero-order valence-electron chi connectivity index (χ0n) is 11.4. The van der Waals surface area contributed by atoms with Gasteiger partial charge in [-0.3, -0.25) is 0 Å². The highest BCUT2D eigenvalue weighted by Gasteiger charge is 2.12. The molecule has 2 aromatic carbocycles. The van der Waals surface area contributed by atoms with E-state index in [9.17, 15) is 4.79 Å². The molecule has 0 aliphatic heterocycles. The summed E-state index contributed by atoms with van der Waals surface area (Å²) in [6.07, 6.45) is 1.68. The molecular weight excluding hydrogens is 266 g/mol. The second-order valence-electron chi connectivity index (χ2n) is 4.70. The lowest BCUT2D eigenvalue weighted by Crippen LogP contribution is -2.01. The van der Waals surface area contributed by atoms with E-state index in [-0.39, 0.29) is 5.56 Å². The van der Waals surface area contributed by atoms with Gasteiger partial charge in [-0.05, 0) is 36.8 Å². The summed E-state index contributed by atoms with van der Waals surface area (Å²) in [5, 5.41) is 17.1. The van der Waals surface area contributed by atoms with Gasteiger partial charge in [-0.25, -0.2) is 9.48 Å². The predicted octanol–water partition coefficient (Wildman–Crippen LogP) is 2.94. The number of para-hydroxylation sites is 1. The van der Waals surface area contributed by atoms with Crippen molar-refractivity contribution >= 4 is 5.97 Å². The van der Waals surface area contributed by atoms with Crippen LogP contribution < -0.4 is 0 Å². The molecule has 0 saturated heterocycles. The summed E-state index contributed by atoms with van der Waals surface area (Å²) >= 11 is 0. The van der Waals surface area contributed by atoms with Crippen LogP contribution in [-0.4, -0.2) is 26.1 Å². The average molecular weight is 279 g/mol. The maximum atomic E-state index is 11.0. The molecule has 1 N–H and O–H groups in total. The Hall–Kier alpha value is -2.95. The number of aromatic carboxylic acids is 1. The molecule has 0 amide bonds. The lowest BCUT2D eigenvalue weighted by Gasteiger charge is -2.09. The molecule has 0 aliphatic carbocycles. The van der Waals surface area contributed by atoms with E-state index in [0.717, 1.165) is 22.5 Å². The average Bonchev–Trinajstić information content (AvgIpc) is 2.97. The fraction of sp³-hybridized carbons (Fsp3) is 0.0625. The number of hydrogen-bond acceptors (Lipinski definition) is 3. The van der Waals surface area contributed by atoms with Crippen LogP contribution in [0.5, 0.6) is 0 Å². The van der Waals surface area contributed by atoms with Crippen LogP contribution in [0.2, 0.25) is 0 Å². The maximum Gasteiger partial charge on any atom is 0.335 e. The third-order valence-electron chi connectivity index (χ3n) is 3.30. The van der Waals surface area contributed by atoms with Gasteiger partial charge in [-0.2, -0.15) is 0 Å². The topological polar surface area (TPSA) is 68.0 Å². The van der Waals surface area contributed by atoms with E-state index in [1.165, 1.54) is 0 Å². The Kier molecular flexibility index (Phi) is 3.23. The molecule has 0 spiro atoms. The van der Waals surface area contributed by atoms with Gasteiger partial charge >= 0.3 is 5.97 Å². The van der Waals surface area contributed by atoms with E-state index >= 15 is 0 Å². The third kappa shape index (κ3) is 2.41. The quantitative estimate of drug-likeness (QED) is 0.800. The van der Waals surface area contributed by atoms with E-state index in [1.807, 2.05) is 37.3 Å². The highest BCUT2D eigenvalue weighted by molar-refractivity contribution is 5.88. The van der Waals surface area contributed by atoms with Gasteiger partial charge < -0.3 is 5.11 Å². The van der Waals surface area contributed by atoms with Gasteiger partial charge in [0.2, 0.25) is 0 Å². The van der Waals surface area contributed by atoms with Crippen molar-refractivity contribution in [2.24, 2.45) is 0 Å². The van der Waals surface area contributed by atoms with Crippen molar-refractivity contribution in [3.05, 3.63) is 65.9 Å². The molecule has 0 saturated carbocycles. The van der Waals surface area contributed by atoms with Gasteiger partial charge in [-0.15, -0.1) is 5.10 Å². The van der Waals surface area contributed by atoms with Crippen molar-refractivity contribution < 1.29 is 9.90 Å². The van der Waals surface area contributed by atoms with Crippen LogP contribution >= 0.6 is 0 Å². The molecule has 1 heterocycles. The summed E-state index contributed by atoms with van der Waals surface area (Å²) in [5.74, 6) is -0.931. The number of rotatable bonds is 3. The van der Waals surface area contributed by atoms with Gasteiger partial charge in [0.15, 0.2) is 0 Å². The minimum atomic E-state index is -0.931. The normalized spacial score (nSPS) is 10.5. The fourth-order valence-electron chi connectivity index (χ4n) is 2.26. The Morgan fingerprint density at radius 2 is 1.90 bits per heavy atom. The van der Waals surface area contributed by atoms with Crippen molar-refractivity contribution in [2.45, 2.75) is 6.92 Å².